The summed E-state index contributed by atoms with van der Waals surface area (Å²) in [4.78, 5) is 26.8. The minimum atomic E-state index is -0.469. The molecule has 0 radical (unpaired) electrons. The lowest BCUT2D eigenvalue weighted by Gasteiger charge is -2.41. The third kappa shape index (κ3) is 4.12. The molecule has 0 aromatic carbocycles. The second kappa shape index (κ2) is 8.66. The molecular weight excluding hydrogens is 465 g/mol. The van der Waals surface area contributed by atoms with Crippen LogP contribution in [0.5, 0.6) is 0 Å². The molecule has 0 spiro atoms. The van der Waals surface area contributed by atoms with Gasteiger partial charge in [0.1, 0.15) is 5.82 Å². The maximum atomic E-state index is 13.3. The van der Waals surface area contributed by atoms with Gasteiger partial charge in [0, 0.05) is 36.6 Å². The zero-order valence-corrected chi connectivity index (χ0v) is 19.8. The van der Waals surface area contributed by atoms with Gasteiger partial charge < -0.3 is 15.1 Å². The molecule has 0 aliphatic carbocycles. The summed E-state index contributed by atoms with van der Waals surface area (Å²) < 4.78 is 14.5. The van der Waals surface area contributed by atoms with E-state index in [0.29, 0.717) is 36.5 Å². The predicted molar refractivity (Wildman–Crippen MR) is 128 cm³/mol. The zero-order valence-electron chi connectivity index (χ0n) is 19.8. The van der Waals surface area contributed by atoms with E-state index < -0.39 is 5.82 Å². The fraction of sp³-hybridized carbons (Fsp3) is 0.348. The molecule has 2 N–H and O–H groups in total. The molecule has 2 saturated heterocycles. The minimum Gasteiger partial charge on any atom is -0.337 e. The van der Waals surface area contributed by atoms with E-state index in [2.05, 4.69) is 40.7 Å². The largest absolute Gasteiger partial charge is 0.337 e. The Morgan fingerprint density at radius 3 is 2.53 bits per heavy atom. The Labute approximate surface area is 205 Å². The molecule has 0 saturated carbocycles. The second-order valence-electron chi connectivity index (χ2n) is 9.14. The summed E-state index contributed by atoms with van der Waals surface area (Å²) in [5, 5.41) is 22.4. The van der Waals surface area contributed by atoms with Crippen LogP contribution in [0.4, 0.5) is 22.0 Å². The SMILES string of the molecule is Cc1cc(Nc2cc(C)[nH]n2)nc(N2CC3CC[C@H](C2)N3C(=O)c2ccc(-n3cc(F)cn3)nn2)n1. The lowest BCUT2D eigenvalue weighted by molar-refractivity contribution is 0.0633. The number of carbonyl (C=O) groups excluding carboxylic acids is 1. The third-order valence-electron chi connectivity index (χ3n) is 6.46. The molecule has 1 amide bonds. The Kier molecular flexibility index (Phi) is 5.31. The number of carbonyl (C=O) groups is 1. The molecule has 2 bridgehead atoms. The Morgan fingerprint density at radius 2 is 1.89 bits per heavy atom. The smallest absolute Gasteiger partial charge is 0.274 e. The number of piperazine rings is 1. The lowest BCUT2D eigenvalue weighted by Crippen LogP contribution is -2.56. The Bertz CT molecular complexity index is 1400. The van der Waals surface area contributed by atoms with E-state index in [9.17, 15) is 9.18 Å². The molecule has 12 nitrogen and oxygen atoms in total. The summed E-state index contributed by atoms with van der Waals surface area (Å²) in [7, 11) is 0. The molecule has 1 unspecified atom stereocenters. The minimum absolute atomic E-state index is 0.0208. The molecule has 36 heavy (non-hydrogen) atoms. The Balaban J connectivity index is 1.18. The van der Waals surface area contributed by atoms with E-state index in [4.69, 9.17) is 4.98 Å². The van der Waals surface area contributed by atoms with E-state index >= 15 is 0 Å². The highest BCUT2D eigenvalue weighted by atomic mass is 19.1. The van der Waals surface area contributed by atoms with Crippen molar-refractivity contribution in [1.82, 2.24) is 45.0 Å². The number of anilines is 3. The molecule has 2 atom stereocenters. The molecule has 2 fully saturated rings. The third-order valence-corrected chi connectivity index (χ3v) is 6.46. The van der Waals surface area contributed by atoms with Crippen LogP contribution in [0.25, 0.3) is 5.82 Å². The van der Waals surface area contributed by atoms with Gasteiger partial charge in [0.25, 0.3) is 5.91 Å². The highest BCUT2D eigenvalue weighted by molar-refractivity contribution is 5.93. The van der Waals surface area contributed by atoms with E-state index in [1.807, 2.05) is 30.9 Å². The zero-order chi connectivity index (χ0) is 24.8. The van der Waals surface area contributed by atoms with Crippen molar-refractivity contribution in [3.8, 4) is 5.82 Å². The van der Waals surface area contributed by atoms with Crippen LogP contribution in [-0.4, -0.2) is 76.1 Å². The number of fused-ring (bicyclic) bond motifs is 2. The van der Waals surface area contributed by atoms with Crippen molar-refractivity contribution in [2.75, 3.05) is 23.3 Å². The first-order valence-electron chi connectivity index (χ1n) is 11.7. The predicted octanol–water partition coefficient (Wildman–Crippen LogP) is 2.17. The molecule has 4 aromatic rings. The summed E-state index contributed by atoms with van der Waals surface area (Å²) in [6, 6.07) is 7.04. The number of hydrogen-bond donors (Lipinski definition) is 2. The van der Waals surface area contributed by atoms with Gasteiger partial charge in [-0.15, -0.1) is 10.2 Å². The van der Waals surface area contributed by atoms with Gasteiger partial charge in [-0.05, 0) is 38.8 Å². The summed E-state index contributed by atoms with van der Waals surface area (Å²) in [6.45, 7) is 5.13. The number of H-pyrrole nitrogens is 1. The first kappa shape index (κ1) is 22.1. The number of rotatable bonds is 5. The highest BCUT2D eigenvalue weighted by Crippen LogP contribution is 2.33. The molecular formula is C23H24FN11O. The number of aromatic nitrogens is 8. The van der Waals surface area contributed by atoms with Crippen LogP contribution < -0.4 is 10.2 Å². The van der Waals surface area contributed by atoms with Gasteiger partial charge in [0.15, 0.2) is 23.1 Å². The van der Waals surface area contributed by atoms with Crippen molar-refractivity contribution in [1.29, 1.82) is 0 Å². The number of amides is 1. The second-order valence-corrected chi connectivity index (χ2v) is 9.14. The van der Waals surface area contributed by atoms with Crippen molar-refractivity contribution in [2.24, 2.45) is 0 Å². The van der Waals surface area contributed by atoms with E-state index in [1.165, 1.54) is 10.9 Å². The standard InChI is InChI=1S/C23H24FN11O/c1-13-7-19(27-20-8-14(2)29-31-20)28-23(26-13)33-11-16-3-4-17(12-33)35(16)22(36)18-5-6-21(32-30-18)34-10-15(24)9-25-34/h5-10,16-17H,3-4,11-12H2,1-2H3,(H2,26,27,28,29,31)/t16-,17?/m1/s1. The maximum Gasteiger partial charge on any atom is 0.274 e. The van der Waals surface area contributed by atoms with Crippen LogP contribution >= 0.6 is 0 Å². The van der Waals surface area contributed by atoms with E-state index in [0.717, 1.165) is 30.4 Å². The highest BCUT2D eigenvalue weighted by Gasteiger charge is 2.44. The normalized spacial score (nSPS) is 19.1. The molecule has 2 aliphatic heterocycles. The van der Waals surface area contributed by atoms with Crippen LogP contribution in [0.2, 0.25) is 0 Å². The fourth-order valence-electron chi connectivity index (χ4n) is 4.89. The Hall–Kier alpha value is -4.42. The first-order valence-corrected chi connectivity index (χ1v) is 11.7. The van der Waals surface area contributed by atoms with Gasteiger partial charge in [0.05, 0.1) is 24.5 Å². The van der Waals surface area contributed by atoms with Gasteiger partial charge in [-0.25, -0.2) is 14.1 Å². The summed E-state index contributed by atoms with van der Waals surface area (Å²) in [6.07, 6.45) is 4.09. The van der Waals surface area contributed by atoms with E-state index in [-0.39, 0.29) is 23.7 Å². The molecule has 2 aliphatic rings. The summed E-state index contributed by atoms with van der Waals surface area (Å²) in [5.41, 5.74) is 2.05. The maximum absolute atomic E-state index is 13.3. The van der Waals surface area contributed by atoms with Crippen LogP contribution in [0.1, 0.15) is 34.7 Å². The van der Waals surface area contributed by atoms with Gasteiger partial charge >= 0.3 is 0 Å². The van der Waals surface area contributed by atoms with Crippen molar-refractivity contribution in [3.05, 3.63) is 59.6 Å². The van der Waals surface area contributed by atoms with Crippen molar-refractivity contribution >= 4 is 23.5 Å². The fourth-order valence-corrected chi connectivity index (χ4v) is 4.89. The van der Waals surface area contributed by atoms with Crippen LogP contribution in [0.3, 0.4) is 0 Å². The Morgan fingerprint density at radius 1 is 1.08 bits per heavy atom. The van der Waals surface area contributed by atoms with Gasteiger partial charge in [0.2, 0.25) is 5.95 Å². The number of halogens is 1. The van der Waals surface area contributed by atoms with Crippen LogP contribution in [0.15, 0.2) is 36.7 Å². The number of nitrogens with one attached hydrogen (secondary N) is 2. The van der Waals surface area contributed by atoms with Gasteiger partial charge in [-0.3, -0.25) is 9.89 Å². The summed E-state index contributed by atoms with van der Waals surface area (Å²) >= 11 is 0. The average Bonchev–Trinajstić information content (AvgIpc) is 3.55. The number of hydrogen-bond acceptors (Lipinski definition) is 9. The van der Waals surface area contributed by atoms with Crippen molar-refractivity contribution < 1.29 is 9.18 Å². The number of aryl methyl sites for hydroxylation is 2. The summed E-state index contributed by atoms with van der Waals surface area (Å²) in [5.74, 6) is 1.70. The van der Waals surface area contributed by atoms with Gasteiger partial charge in [-0.1, -0.05) is 0 Å². The van der Waals surface area contributed by atoms with Crippen LogP contribution in [-0.2, 0) is 0 Å². The van der Waals surface area contributed by atoms with Crippen molar-refractivity contribution in [3.63, 3.8) is 0 Å². The molecule has 184 valence electrons. The first-order chi connectivity index (χ1) is 17.4. The molecule has 6 rings (SSSR count). The molecule has 6 heterocycles. The van der Waals surface area contributed by atoms with Crippen molar-refractivity contribution in [2.45, 2.75) is 38.8 Å². The average molecular weight is 490 g/mol. The van der Waals surface area contributed by atoms with E-state index in [1.54, 1.807) is 12.1 Å². The van der Waals surface area contributed by atoms with Gasteiger partial charge in [-0.2, -0.15) is 15.2 Å². The number of nitrogens with zero attached hydrogens (tertiary/aromatic N) is 9. The molecule has 4 aromatic heterocycles. The lowest BCUT2D eigenvalue weighted by atomic mass is 10.1. The quantitative estimate of drug-likeness (QED) is 0.433. The molecule has 13 heteroatoms. The monoisotopic (exact) mass is 489 g/mol. The topological polar surface area (TPSA) is 134 Å². The van der Waals surface area contributed by atoms with Crippen LogP contribution in [0, 0.1) is 19.7 Å². The number of aromatic amines is 1.